The molecule has 2 N–H and O–H groups in total. The van der Waals surface area contributed by atoms with Gasteiger partial charge in [0.05, 0.1) is 16.9 Å². The number of aromatic hydroxyl groups is 1. The normalized spacial score (nSPS) is 12.8. The van der Waals surface area contributed by atoms with E-state index in [1.54, 1.807) is 23.1 Å². The first kappa shape index (κ1) is 17.5. The van der Waals surface area contributed by atoms with Gasteiger partial charge >= 0.3 is 0 Å². The maximum absolute atomic E-state index is 10.1. The molecule has 1 atom stereocenters. The Morgan fingerprint density at radius 3 is 3.00 bits per heavy atom. The number of halogens is 1. The summed E-state index contributed by atoms with van der Waals surface area (Å²) in [7, 11) is 1.94. The van der Waals surface area contributed by atoms with Crippen molar-refractivity contribution in [1.29, 1.82) is 0 Å². The molecule has 0 aliphatic heterocycles. The molecule has 0 saturated carbocycles. The fraction of sp³-hybridized carbons (Fsp3) is 0.412. The topological polar surface area (TPSA) is 62.4 Å². The van der Waals surface area contributed by atoms with Crippen molar-refractivity contribution >= 4 is 23.5 Å². The molecule has 0 amide bonds. The Balaban J connectivity index is 1.97. The van der Waals surface area contributed by atoms with E-state index in [1.165, 1.54) is 0 Å². The minimum absolute atomic E-state index is 0.307. The summed E-state index contributed by atoms with van der Waals surface area (Å²) in [6.45, 7) is 2.85. The van der Waals surface area contributed by atoms with Crippen LogP contribution in [-0.4, -0.2) is 34.2 Å². The lowest BCUT2D eigenvalue weighted by Crippen LogP contribution is -2.21. The molecule has 0 radical (unpaired) electrons. The van der Waals surface area contributed by atoms with Gasteiger partial charge in [-0.15, -0.1) is 0 Å². The van der Waals surface area contributed by atoms with Crippen molar-refractivity contribution in [2.75, 3.05) is 7.05 Å². The third-order valence-corrected chi connectivity index (χ3v) is 3.96. The quantitative estimate of drug-likeness (QED) is 0.725. The molecule has 124 valence electrons. The fourth-order valence-electron chi connectivity index (χ4n) is 2.26. The van der Waals surface area contributed by atoms with E-state index in [9.17, 15) is 5.11 Å². The van der Waals surface area contributed by atoms with Crippen LogP contribution in [0.15, 0.2) is 35.6 Å². The van der Waals surface area contributed by atoms with Gasteiger partial charge in [-0.1, -0.05) is 17.7 Å². The Hall–Kier alpha value is -1.85. The zero-order valence-electron chi connectivity index (χ0n) is 13.5. The van der Waals surface area contributed by atoms with Crippen molar-refractivity contribution in [3.05, 3.63) is 41.2 Å². The maximum Gasteiger partial charge on any atom is 0.120 e. The second kappa shape index (κ2) is 8.70. The first-order valence-corrected chi connectivity index (χ1v) is 8.16. The Kier molecular flexibility index (Phi) is 6.62. The lowest BCUT2D eigenvalue weighted by molar-refractivity contribution is 0.464. The first-order valence-electron chi connectivity index (χ1n) is 7.78. The standard InChI is InChI=1S/C17H23ClN4O/c1-13(19-2)7-8-15-16(5-3-6-17(15)23)20-9-4-10-22-12-14(18)11-21-22/h3,5-6,9,11-13,19,23H,4,7-8,10H2,1-2H3. The van der Waals surface area contributed by atoms with Gasteiger partial charge in [-0.2, -0.15) is 5.10 Å². The molecule has 2 aromatic rings. The van der Waals surface area contributed by atoms with Gasteiger partial charge in [0, 0.05) is 37.0 Å². The van der Waals surface area contributed by atoms with Crippen LogP contribution >= 0.6 is 11.6 Å². The monoisotopic (exact) mass is 334 g/mol. The first-order chi connectivity index (χ1) is 11.1. The van der Waals surface area contributed by atoms with E-state index in [0.29, 0.717) is 16.8 Å². The number of nitrogens with zero attached hydrogens (tertiary/aromatic N) is 3. The van der Waals surface area contributed by atoms with Crippen molar-refractivity contribution in [2.24, 2.45) is 4.99 Å². The van der Waals surface area contributed by atoms with Gasteiger partial charge in [-0.25, -0.2) is 0 Å². The third kappa shape index (κ3) is 5.37. The lowest BCUT2D eigenvalue weighted by Gasteiger charge is -2.12. The molecule has 0 spiro atoms. The molecular weight excluding hydrogens is 312 g/mol. The number of aryl methyl sites for hydroxylation is 1. The molecule has 1 heterocycles. The smallest absolute Gasteiger partial charge is 0.120 e. The lowest BCUT2D eigenvalue weighted by atomic mass is 10.0. The number of nitrogens with one attached hydrogen (secondary N) is 1. The fourth-order valence-corrected chi connectivity index (χ4v) is 2.41. The number of hydrogen-bond acceptors (Lipinski definition) is 4. The van der Waals surface area contributed by atoms with Gasteiger partial charge in [-0.3, -0.25) is 9.67 Å². The van der Waals surface area contributed by atoms with Gasteiger partial charge in [0.15, 0.2) is 0 Å². The summed E-state index contributed by atoms with van der Waals surface area (Å²) in [6.07, 6.45) is 7.75. The molecular formula is C17H23ClN4O. The van der Waals surface area contributed by atoms with Gasteiger partial charge in [0.25, 0.3) is 0 Å². The predicted molar refractivity (Wildman–Crippen MR) is 95.0 cm³/mol. The zero-order chi connectivity index (χ0) is 16.7. The van der Waals surface area contributed by atoms with E-state index in [-0.39, 0.29) is 0 Å². The molecule has 0 aliphatic carbocycles. The minimum atomic E-state index is 0.307. The van der Waals surface area contributed by atoms with Crippen LogP contribution < -0.4 is 5.32 Å². The van der Waals surface area contributed by atoms with E-state index in [2.05, 4.69) is 22.3 Å². The average Bonchev–Trinajstić information content (AvgIpc) is 2.95. The molecule has 5 nitrogen and oxygen atoms in total. The van der Waals surface area contributed by atoms with E-state index in [0.717, 1.165) is 37.1 Å². The minimum Gasteiger partial charge on any atom is -0.508 e. The molecule has 0 fully saturated rings. The number of hydrogen-bond donors (Lipinski definition) is 2. The number of aromatic nitrogens is 2. The molecule has 0 aliphatic rings. The van der Waals surface area contributed by atoms with Crippen molar-refractivity contribution in [1.82, 2.24) is 15.1 Å². The molecule has 6 heteroatoms. The van der Waals surface area contributed by atoms with Gasteiger partial charge in [0.2, 0.25) is 0 Å². The highest BCUT2D eigenvalue weighted by atomic mass is 35.5. The Morgan fingerprint density at radius 2 is 2.30 bits per heavy atom. The predicted octanol–water partition coefficient (Wildman–Crippen LogP) is 3.58. The number of aliphatic imine (C=N–C) groups is 1. The molecule has 0 bridgehead atoms. The molecule has 1 aromatic heterocycles. The average molecular weight is 335 g/mol. The van der Waals surface area contributed by atoms with Crippen molar-refractivity contribution in [2.45, 2.75) is 38.8 Å². The summed E-state index contributed by atoms with van der Waals surface area (Å²) in [5.41, 5.74) is 1.72. The Morgan fingerprint density at radius 1 is 1.48 bits per heavy atom. The molecule has 0 saturated heterocycles. The van der Waals surface area contributed by atoms with Gasteiger partial charge in [-0.05, 0) is 38.9 Å². The van der Waals surface area contributed by atoms with Crippen LogP contribution in [0.4, 0.5) is 5.69 Å². The molecule has 23 heavy (non-hydrogen) atoms. The van der Waals surface area contributed by atoms with E-state index in [1.807, 2.05) is 25.4 Å². The SMILES string of the molecule is CNC(C)CCc1c(O)cccc1N=CCCn1cc(Cl)cn1. The Labute approximate surface area is 142 Å². The van der Waals surface area contributed by atoms with Crippen molar-refractivity contribution in [3.8, 4) is 5.75 Å². The second-order valence-electron chi connectivity index (χ2n) is 5.53. The third-order valence-electron chi connectivity index (χ3n) is 3.77. The van der Waals surface area contributed by atoms with Crippen molar-refractivity contribution < 1.29 is 5.11 Å². The summed E-state index contributed by atoms with van der Waals surface area (Å²) in [4.78, 5) is 4.51. The highest BCUT2D eigenvalue weighted by Crippen LogP contribution is 2.29. The van der Waals surface area contributed by atoms with Crippen LogP contribution in [-0.2, 0) is 13.0 Å². The van der Waals surface area contributed by atoms with E-state index < -0.39 is 0 Å². The number of phenols is 1. The largest absolute Gasteiger partial charge is 0.508 e. The summed E-state index contributed by atoms with van der Waals surface area (Å²) in [5.74, 6) is 0.307. The number of phenolic OH excluding ortho intramolecular Hbond substituents is 1. The zero-order valence-corrected chi connectivity index (χ0v) is 14.3. The van der Waals surface area contributed by atoms with Gasteiger partial charge < -0.3 is 10.4 Å². The van der Waals surface area contributed by atoms with Crippen LogP contribution in [0.25, 0.3) is 0 Å². The summed E-state index contributed by atoms with van der Waals surface area (Å²) >= 11 is 5.83. The molecule has 1 aromatic carbocycles. The maximum atomic E-state index is 10.1. The second-order valence-corrected chi connectivity index (χ2v) is 5.96. The summed E-state index contributed by atoms with van der Waals surface area (Å²) in [6, 6.07) is 5.86. The molecule has 2 rings (SSSR count). The summed E-state index contributed by atoms with van der Waals surface area (Å²) in [5, 5.41) is 18.1. The van der Waals surface area contributed by atoms with E-state index >= 15 is 0 Å². The van der Waals surface area contributed by atoms with Crippen LogP contribution in [0.3, 0.4) is 0 Å². The highest BCUT2D eigenvalue weighted by Gasteiger charge is 2.08. The van der Waals surface area contributed by atoms with Crippen LogP contribution in [0.2, 0.25) is 5.02 Å². The van der Waals surface area contributed by atoms with E-state index in [4.69, 9.17) is 11.6 Å². The summed E-state index contributed by atoms with van der Waals surface area (Å²) < 4.78 is 1.78. The Bertz CT molecular complexity index is 654. The van der Waals surface area contributed by atoms with Crippen LogP contribution in [0.5, 0.6) is 5.75 Å². The highest BCUT2D eigenvalue weighted by molar-refractivity contribution is 6.30. The number of benzene rings is 1. The molecule has 1 unspecified atom stereocenters. The van der Waals surface area contributed by atoms with Crippen molar-refractivity contribution in [3.63, 3.8) is 0 Å². The number of rotatable bonds is 8. The van der Waals surface area contributed by atoms with Crippen LogP contribution in [0.1, 0.15) is 25.3 Å². The van der Waals surface area contributed by atoms with Gasteiger partial charge in [0.1, 0.15) is 5.75 Å². The van der Waals surface area contributed by atoms with Crippen LogP contribution in [0, 0.1) is 0 Å².